The molecule has 0 amide bonds. The van der Waals surface area contributed by atoms with Crippen LogP contribution in [0.15, 0.2) is 24.3 Å². The van der Waals surface area contributed by atoms with Gasteiger partial charge in [-0.2, -0.15) is 11.8 Å². The summed E-state index contributed by atoms with van der Waals surface area (Å²) in [6.45, 7) is 7.20. The molecule has 0 spiro atoms. The van der Waals surface area contributed by atoms with E-state index in [0.717, 1.165) is 30.9 Å². The van der Waals surface area contributed by atoms with Gasteiger partial charge in [-0.05, 0) is 50.2 Å². The van der Waals surface area contributed by atoms with Gasteiger partial charge in [0.2, 0.25) is 0 Å². The molecule has 3 heterocycles. The molecule has 0 aromatic heterocycles. The Labute approximate surface area is 156 Å². The topological polar surface area (TPSA) is 19.0 Å². The number of piperazine rings is 1. The Kier molecular flexibility index (Phi) is 5.73. The van der Waals surface area contributed by atoms with Crippen molar-refractivity contribution in [2.24, 2.45) is 0 Å². The number of nitrogens with zero attached hydrogens (tertiary/aromatic N) is 3. The molecule has 3 aliphatic heterocycles. The Morgan fingerprint density at radius 3 is 2.28 bits per heavy atom. The third-order valence-corrected chi connectivity index (χ3v) is 7.32. The van der Waals surface area contributed by atoms with Gasteiger partial charge < -0.3 is 9.64 Å². The lowest BCUT2D eigenvalue weighted by Gasteiger charge is -2.44. The maximum atomic E-state index is 5.54. The Balaban J connectivity index is 1.28. The standard InChI is InChI=1S/C20H31N3OS/c1-24-20-5-3-2-4-19(20)23-13-11-22(12-14-23)17-6-9-21(10-7-17)18-8-15-25-16-18/h2-5,17-18H,6-16H2,1H3. The van der Waals surface area contributed by atoms with E-state index < -0.39 is 0 Å². The van der Waals surface area contributed by atoms with Crippen molar-refractivity contribution in [3.63, 3.8) is 0 Å². The van der Waals surface area contributed by atoms with Crippen LogP contribution in [0.1, 0.15) is 19.3 Å². The molecule has 0 saturated carbocycles. The minimum atomic E-state index is 0.796. The molecule has 3 fully saturated rings. The zero-order valence-electron chi connectivity index (χ0n) is 15.4. The first-order valence-corrected chi connectivity index (χ1v) is 10.9. The van der Waals surface area contributed by atoms with Crippen molar-refractivity contribution in [1.29, 1.82) is 0 Å². The Morgan fingerprint density at radius 2 is 1.60 bits per heavy atom. The smallest absolute Gasteiger partial charge is 0.142 e. The zero-order valence-corrected chi connectivity index (χ0v) is 16.2. The number of thioether (sulfide) groups is 1. The van der Waals surface area contributed by atoms with Crippen LogP contribution >= 0.6 is 11.8 Å². The van der Waals surface area contributed by atoms with Gasteiger partial charge in [0, 0.05) is 44.0 Å². The van der Waals surface area contributed by atoms with Gasteiger partial charge in [-0.1, -0.05) is 12.1 Å². The highest BCUT2D eigenvalue weighted by Gasteiger charge is 2.31. The van der Waals surface area contributed by atoms with Crippen LogP contribution < -0.4 is 9.64 Å². The predicted octanol–water partition coefficient (Wildman–Crippen LogP) is 2.79. The van der Waals surface area contributed by atoms with Crippen LogP contribution in [0.4, 0.5) is 5.69 Å². The van der Waals surface area contributed by atoms with Crippen molar-refractivity contribution < 1.29 is 4.74 Å². The second-order valence-corrected chi connectivity index (χ2v) is 8.63. The molecule has 1 aromatic rings. The Bertz CT molecular complexity index is 548. The van der Waals surface area contributed by atoms with Gasteiger partial charge in [-0.3, -0.25) is 9.80 Å². The quantitative estimate of drug-likeness (QED) is 0.819. The minimum Gasteiger partial charge on any atom is -0.495 e. The van der Waals surface area contributed by atoms with Crippen molar-refractivity contribution in [2.45, 2.75) is 31.3 Å². The summed E-state index contributed by atoms with van der Waals surface area (Å²) in [5, 5.41) is 0. The van der Waals surface area contributed by atoms with E-state index in [1.165, 1.54) is 62.6 Å². The van der Waals surface area contributed by atoms with Gasteiger partial charge in [0.15, 0.2) is 0 Å². The van der Waals surface area contributed by atoms with Gasteiger partial charge >= 0.3 is 0 Å². The lowest BCUT2D eigenvalue weighted by molar-refractivity contribution is 0.0857. The van der Waals surface area contributed by atoms with E-state index in [4.69, 9.17) is 4.74 Å². The number of anilines is 1. The summed E-state index contributed by atoms with van der Waals surface area (Å²) >= 11 is 2.14. The molecule has 138 valence electrons. The van der Waals surface area contributed by atoms with Crippen LogP contribution in [0, 0.1) is 0 Å². The van der Waals surface area contributed by atoms with E-state index in [1.807, 2.05) is 0 Å². The summed E-state index contributed by atoms with van der Waals surface area (Å²) in [7, 11) is 1.77. The molecule has 4 rings (SSSR count). The number of piperidine rings is 1. The van der Waals surface area contributed by atoms with Crippen LogP contribution in [-0.4, -0.2) is 79.8 Å². The third-order valence-electron chi connectivity index (χ3n) is 6.18. The number of benzene rings is 1. The SMILES string of the molecule is COc1ccccc1N1CCN(C2CCN(C3CCSC3)CC2)CC1. The van der Waals surface area contributed by atoms with Crippen LogP contribution in [0.2, 0.25) is 0 Å². The van der Waals surface area contributed by atoms with E-state index >= 15 is 0 Å². The van der Waals surface area contributed by atoms with E-state index in [9.17, 15) is 0 Å². The molecular formula is C20H31N3OS. The van der Waals surface area contributed by atoms with Crippen LogP contribution in [-0.2, 0) is 0 Å². The van der Waals surface area contributed by atoms with Crippen molar-refractivity contribution in [3.05, 3.63) is 24.3 Å². The van der Waals surface area contributed by atoms with Crippen molar-refractivity contribution in [2.75, 3.05) is 62.8 Å². The summed E-state index contributed by atoms with van der Waals surface area (Å²) in [5.74, 6) is 3.73. The van der Waals surface area contributed by atoms with Crippen molar-refractivity contribution >= 4 is 17.4 Å². The molecule has 1 atom stereocenters. The second-order valence-electron chi connectivity index (χ2n) is 7.48. The lowest BCUT2D eigenvalue weighted by atomic mass is 10.00. The van der Waals surface area contributed by atoms with E-state index in [-0.39, 0.29) is 0 Å². The summed E-state index contributed by atoms with van der Waals surface area (Å²) in [4.78, 5) is 7.99. The van der Waals surface area contributed by atoms with Crippen LogP contribution in [0.5, 0.6) is 5.75 Å². The number of ether oxygens (including phenoxy) is 1. The highest BCUT2D eigenvalue weighted by atomic mass is 32.2. The van der Waals surface area contributed by atoms with Crippen molar-refractivity contribution in [1.82, 2.24) is 9.80 Å². The molecule has 0 aliphatic carbocycles. The Morgan fingerprint density at radius 1 is 0.880 bits per heavy atom. The van der Waals surface area contributed by atoms with Gasteiger partial charge in [-0.15, -0.1) is 0 Å². The second kappa shape index (κ2) is 8.19. The van der Waals surface area contributed by atoms with E-state index in [2.05, 4.69) is 50.7 Å². The highest BCUT2D eigenvalue weighted by Crippen LogP contribution is 2.30. The van der Waals surface area contributed by atoms with E-state index in [1.54, 1.807) is 7.11 Å². The first kappa shape index (κ1) is 17.5. The predicted molar refractivity (Wildman–Crippen MR) is 107 cm³/mol. The highest BCUT2D eigenvalue weighted by molar-refractivity contribution is 7.99. The first-order chi connectivity index (χ1) is 12.3. The molecule has 0 N–H and O–H groups in total. The maximum absolute atomic E-state index is 5.54. The maximum Gasteiger partial charge on any atom is 0.142 e. The monoisotopic (exact) mass is 361 g/mol. The van der Waals surface area contributed by atoms with Crippen molar-refractivity contribution in [3.8, 4) is 5.75 Å². The normalized spacial score (nSPS) is 26.9. The fourth-order valence-corrected chi connectivity index (χ4v) is 5.90. The molecular weight excluding hydrogens is 330 g/mol. The largest absolute Gasteiger partial charge is 0.495 e. The lowest BCUT2D eigenvalue weighted by Crippen LogP contribution is -2.54. The molecule has 25 heavy (non-hydrogen) atoms. The number of hydrogen-bond donors (Lipinski definition) is 0. The molecule has 0 bridgehead atoms. The van der Waals surface area contributed by atoms with Gasteiger partial charge in [0.05, 0.1) is 12.8 Å². The molecule has 4 nitrogen and oxygen atoms in total. The summed E-state index contributed by atoms with van der Waals surface area (Å²) in [6.07, 6.45) is 4.12. The molecule has 3 saturated heterocycles. The third kappa shape index (κ3) is 3.93. The molecule has 3 aliphatic rings. The number of methoxy groups -OCH3 is 1. The number of rotatable bonds is 4. The van der Waals surface area contributed by atoms with E-state index in [0.29, 0.717) is 0 Å². The average Bonchev–Trinajstić information content (AvgIpc) is 3.23. The van der Waals surface area contributed by atoms with Gasteiger partial charge in [0.25, 0.3) is 0 Å². The zero-order chi connectivity index (χ0) is 17.1. The molecule has 5 heteroatoms. The fraction of sp³-hybridized carbons (Fsp3) is 0.700. The van der Waals surface area contributed by atoms with Crippen LogP contribution in [0.3, 0.4) is 0 Å². The number of likely N-dealkylation sites (tertiary alicyclic amines) is 1. The van der Waals surface area contributed by atoms with Gasteiger partial charge in [-0.25, -0.2) is 0 Å². The first-order valence-electron chi connectivity index (χ1n) is 9.79. The Hall–Kier alpha value is -0.910. The van der Waals surface area contributed by atoms with Gasteiger partial charge in [0.1, 0.15) is 5.75 Å². The molecule has 1 aromatic carbocycles. The summed E-state index contributed by atoms with van der Waals surface area (Å²) in [5.41, 5.74) is 1.25. The summed E-state index contributed by atoms with van der Waals surface area (Å²) in [6, 6.07) is 10.1. The molecule has 0 radical (unpaired) electrons. The fourth-order valence-electron chi connectivity index (χ4n) is 4.65. The molecule has 1 unspecified atom stereocenters. The minimum absolute atomic E-state index is 0.796. The summed E-state index contributed by atoms with van der Waals surface area (Å²) < 4.78 is 5.54. The number of para-hydroxylation sites is 2. The average molecular weight is 362 g/mol. The number of hydrogen-bond acceptors (Lipinski definition) is 5. The van der Waals surface area contributed by atoms with Crippen LogP contribution in [0.25, 0.3) is 0 Å².